The number of ether oxygens (including phenoxy) is 2. The van der Waals surface area contributed by atoms with Gasteiger partial charge < -0.3 is 30.7 Å². The van der Waals surface area contributed by atoms with Crippen LogP contribution in [0.2, 0.25) is 0 Å². The zero-order valence-electron chi connectivity index (χ0n) is 18.9. The Bertz CT molecular complexity index is 1310. The first-order chi connectivity index (χ1) is 17.2. The summed E-state index contributed by atoms with van der Waals surface area (Å²) < 4.78 is 11.9. The van der Waals surface area contributed by atoms with E-state index in [2.05, 4.69) is 21.7 Å². The maximum atomic E-state index is 12.1. The highest BCUT2D eigenvalue weighted by Gasteiger charge is 2.29. The predicted molar refractivity (Wildman–Crippen MR) is 136 cm³/mol. The van der Waals surface area contributed by atoms with E-state index in [-0.39, 0.29) is 0 Å². The lowest BCUT2D eigenvalue weighted by molar-refractivity contribution is -0.120. The second-order valence-electron chi connectivity index (χ2n) is 8.06. The van der Waals surface area contributed by atoms with Crippen molar-refractivity contribution in [2.45, 2.75) is 12.5 Å². The Kier molecular flexibility index (Phi) is 6.34. The SMILES string of the molecule is NC(=O)C1C=C2CN1/C=C/N=COc1ccccc1C/C=C/C=C/C1=C(Nc3ccccc3N1)O2. The van der Waals surface area contributed by atoms with Gasteiger partial charge in [0.15, 0.2) is 6.40 Å². The molecule has 4 N–H and O–H groups in total. The molecule has 3 heterocycles. The molecule has 5 rings (SSSR count). The van der Waals surface area contributed by atoms with Gasteiger partial charge in [0.2, 0.25) is 11.8 Å². The molecule has 1 unspecified atom stereocenters. The molecule has 0 aromatic heterocycles. The van der Waals surface area contributed by atoms with Crippen molar-refractivity contribution < 1.29 is 14.3 Å². The fourth-order valence-electron chi connectivity index (χ4n) is 3.94. The molecule has 8 nitrogen and oxygen atoms in total. The maximum absolute atomic E-state index is 12.1. The number of anilines is 2. The van der Waals surface area contributed by atoms with Crippen LogP contribution in [-0.4, -0.2) is 29.8 Å². The number of carbonyl (C=O) groups is 1. The molecular weight excluding hydrogens is 442 g/mol. The predicted octanol–water partition coefficient (Wildman–Crippen LogP) is 4.01. The molecule has 3 aliphatic heterocycles. The van der Waals surface area contributed by atoms with Crippen LogP contribution >= 0.6 is 0 Å². The highest BCUT2D eigenvalue weighted by Crippen LogP contribution is 2.32. The zero-order chi connectivity index (χ0) is 24.0. The molecular formula is C27H25N5O3. The van der Waals surface area contributed by atoms with Gasteiger partial charge in [-0.1, -0.05) is 48.6 Å². The van der Waals surface area contributed by atoms with Crippen molar-refractivity contribution in [2.24, 2.45) is 10.7 Å². The molecule has 2 bridgehead atoms. The van der Waals surface area contributed by atoms with Gasteiger partial charge in [-0.05, 0) is 42.3 Å². The van der Waals surface area contributed by atoms with E-state index < -0.39 is 11.9 Å². The van der Waals surface area contributed by atoms with E-state index in [0.717, 1.165) is 28.4 Å². The number of fused-ring (bicyclic) bond motifs is 4. The minimum absolute atomic E-state index is 0.354. The highest BCUT2D eigenvalue weighted by molar-refractivity contribution is 5.83. The topological polar surface area (TPSA) is 101 Å². The number of rotatable bonds is 1. The number of allylic oxidation sites excluding steroid dienone is 4. The number of aliphatic imine (C=N–C) groups is 1. The van der Waals surface area contributed by atoms with Gasteiger partial charge in [-0.25, -0.2) is 4.99 Å². The van der Waals surface area contributed by atoms with Crippen LogP contribution in [0.5, 0.6) is 5.75 Å². The third-order valence-corrected chi connectivity index (χ3v) is 5.66. The van der Waals surface area contributed by atoms with Gasteiger partial charge in [0.05, 0.1) is 17.9 Å². The molecule has 176 valence electrons. The fraction of sp³-hybridized carbons (Fsp3) is 0.111. The maximum Gasteiger partial charge on any atom is 0.244 e. The van der Waals surface area contributed by atoms with Crippen LogP contribution in [0.4, 0.5) is 11.4 Å². The van der Waals surface area contributed by atoms with Gasteiger partial charge in [-0.15, -0.1) is 0 Å². The van der Waals surface area contributed by atoms with Crippen LogP contribution in [0.3, 0.4) is 0 Å². The number of hydrogen-bond donors (Lipinski definition) is 3. The second kappa shape index (κ2) is 10.0. The Morgan fingerprint density at radius 1 is 1.06 bits per heavy atom. The van der Waals surface area contributed by atoms with Gasteiger partial charge in [-0.2, -0.15) is 0 Å². The Hall–Kier alpha value is -4.72. The number of nitrogens with one attached hydrogen (secondary N) is 2. The average molecular weight is 468 g/mol. The Balaban J connectivity index is 1.49. The molecule has 2 aromatic carbocycles. The lowest BCUT2D eigenvalue weighted by Gasteiger charge is -2.25. The van der Waals surface area contributed by atoms with Gasteiger partial charge >= 0.3 is 0 Å². The van der Waals surface area contributed by atoms with E-state index in [1.807, 2.05) is 66.8 Å². The molecule has 0 saturated carbocycles. The third-order valence-electron chi connectivity index (χ3n) is 5.66. The Morgan fingerprint density at radius 3 is 2.71 bits per heavy atom. The summed E-state index contributed by atoms with van der Waals surface area (Å²) in [4.78, 5) is 18.0. The molecule has 35 heavy (non-hydrogen) atoms. The van der Waals surface area contributed by atoms with E-state index >= 15 is 0 Å². The van der Waals surface area contributed by atoms with E-state index in [1.54, 1.807) is 23.4 Å². The number of benzene rings is 2. The van der Waals surface area contributed by atoms with Crippen LogP contribution in [0, 0.1) is 0 Å². The first kappa shape index (κ1) is 22.1. The molecule has 3 aliphatic rings. The van der Waals surface area contributed by atoms with Crippen molar-refractivity contribution >= 4 is 23.7 Å². The van der Waals surface area contributed by atoms with Crippen LogP contribution in [0.1, 0.15) is 5.56 Å². The van der Waals surface area contributed by atoms with Crippen LogP contribution in [0.25, 0.3) is 0 Å². The number of carbonyl (C=O) groups excluding carboxylic acids is 1. The number of nitrogens with zero attached hydrogens (tertiary/aromatic N) is 2. The number of amides is 1. The van der Waals surface area contributed by atoms with Gasteiger partial charge in [0, 0.05) is 12.4 Å². The van der Waals surface area contributed by atoms with Gasteiger partial charge in [0.25, 0.3) is 0 Å². The normalized spacial score (nSPS) is 21.8. The molecule has 0 radical (unpaired) electrons. The molecule has 0 fully saturated rings. The molecule has 0 spiro atoms. The average Bonchev–Trinajstić information content (AvgIpc) is 3.27. The van der Waals surface area contributed by atoms with E-state index in [1.165, 1.54) is 6.40 Å². The summed E-state index contributed by atoms with van der Waals surface area (Å²) >= 11 is 0. The van der Waals surface area contributed by atoms with Crippen molar-refractivity contribution in [1.29, 1.82) is 0 Å². The number of primary amides is 1. The van der Waals surface area contributed by atoms with E-state index in [9.17, 15) is 4.79 Å². The second-order valence-corrected chi connectivity index (χ2v) is 8.06. The quantitative estimate of drug-likeness (QED) is 0.586. The summed E-state index contributed by atoms with van der Waals surface area (Å²) in [5.41, 5.74) is 9.26. The third kappa shape index (κ3) is 5.11. The zero-order valence-corrected chi connectivity index (χ0v) is 18.9. The Labute approximate surface area is 203 Å². The first-order valence-corrected chi connectivity index (χ1v) is 11.2. The monoisotopic (exact) mass is 467 g/mol. The van der Waals surface area contributed by atoms with Crippen LogP contribution in [0.15, 0.2) is 114 Å². The van der Waals surface area contributed by atoms with E-state index in [4.69, 9.17) is 15.2 Å². The number of hydrogen-bond acceptors (Lipinski definition) is 7. The Morgan fingerprint density at radius 2 is 1.86 bits per heavy atom. The summed E-state index contributed by atoms with van der Waals surface area (Å²) in [7, 11) is 0. The summed E-state index contributed by atoms with van der Waals surface area (Å²) in [6.45, 7) is 0.354. The van der Waals surface area contributed by atoms with Crippen molar-refractivity contribution in [1.82, 2.24) is 4.90 Å². The minimum Gasteiger partial charge on any atom is -0.445 e. The highest BCUT2D eigenvalue weighted by atomic mass is 16.5. The summed E-state index contributed by atoms with van der Waals surface area (Å²) in [6, 6.07) is 15.0. The minimum atomic E-state index is -0.647. The van der Waals surface area contributed by atoms with Crippen molar-refractivity contribution in [3.63, 3.8) is 0 Å². The molecule has 1 amide bonds. The lowest BCUT2D eigenvalue weighted by Crippen LogP contribution is -2.37. The number of para-hydroxylation sites is 3. The fourth-order valence-corrected chi connectivity index (χ4v) is 3.94. The number of nitrogens with two attached hydrogens (primary N) is 1. The van der Waals surface area contributed by atoms with Gasteiger partial charge in [-0.3, -0.25) is 4.79 Å². The van der Waals surface area contributed by atoms with Crippen molar-refractivity contribution in [3.05, 3.63) is 114 Å². The standard InChI is InChI=1S/C27H25N5O3/c28-26(33)24-16-20-17-32(24)15-14-29-18-34-25-13-7-4-9-19(25)8-2-1-3-12-23-27(35-20)31-22-11-6-5-10-21(22)30-23/h1-7,9-16,18,24,30-31H,8,17H2,(H2,28,33)/b2-1+,12-3+,15-14+,29-18?. The first-order valence-electron chi connectivity index (χ1n) is 11.2. The molecule has 0 aliphatic carbocycles. The molecule has 1 atom stereocenters. The van der Waals surface area contributed by atoms with Crippen molar-refractivity contribution in [3.8, 4) is 5.75 Å². The summed E-state index contributed by atoms with van der Waals surface area (Å²) in [6.07, 6.45) is 14.9. The largest absolute Gasteiger partial charge is 0.445 e. The van der Waals surface area contributed by atoms with Gasteiger partial charge in [0.1, 0.15) is 23.2 Å². The van der Waals surface area contributed by atoms with Crippen LogP contribution in [-0.2, 0) is 16.0 Å². The lowest BCUT2D eigenvalue weighted by atomic mass is 10.1. The molecule has 8 heteroatoms. The molecule has 2 aromatic rings. The van der Waals surface area contributed by atoms with Crippen molar-refractivity contribution in [2.75, 3.05) is 17.2 Å². The smallest absolute Gasteiger partial charge is 0.244 e. The summed E-state index contributed by atoms with van der Waals surface area (Å²) in [5.74, 6) is 1.38. The van der Waals surface area contributed by atoms with E-state index in [0.29, 0.717) is 24.6 Å². The molecule has 0 saturated heterocycles. The van der Waals surface area contributed by atoms with Crippen LogP contribution < -0.4 is 21.1 Å². The summed E-state index contributed by atoms with van der Waals surface area (Å²) in [5, 5.41) is 6.76.